The summed E-state index contributed by atoms with van der Waals surface area (Å²) < 4.78 is 8.93. The maximum absolute atomic E-state index is 13.5. The van der Waals surface area contributed by atoms with Gasteiger partial charge < -0.3 is 9.64 Å². The first-order valence-corrected chi connectivity index (χ1v) is 12.0. The topological polar surface area (TPSA) is 59.7 Å². The van der Waals surface area contributed by atoms with Gasteiger partial charge in [0.15, 0.2) is 0 Å². The summed E-state index contributed by atoms with van der Waals surface area (Å²) in [5, 5.41) is 0. The van der Waals surface area contributed by atoms with Crippen LogP contribution in [-0.4, -0.2) is 45.9 Å². The van der Waals surface area contributed by atoms with Crippen LogP contribution in [0.3, 0.4) is 0 Å². The molecule has 1 aliphatic heterocycles. The molecule has 2 heterocycles. The highest BCUT2D eigenvalue weighted by molar-refractivity contribution is 5.97. The summed E-state index contributed by atoms with van der Waals surface area (Å²) >= 11 is 0. The Bertz CT molecular complexity index is 1240. The Morgan fingerprint density at radius 2 is 1.62 bits per heavy atom. The van der Waals surface area contributed by atoms with Crippen molar-refractivity contribution in [1.29, 1.82) is 0 Å². The van der Waals surface area contributed by atoms with Gasteiger partial charge in [0.1, 0.15) is 5.75 Å². The Morgan fingerprint density at radius 3 is 2.26 bits per heavy atom. The number of rotatable bonds is 5. The summed E-state index contributed by atoms with van der Waals surface area (Å²) in [4.78, 5) is 31.2. The van der Waals surface area contributed by atoms with Gasteiger partial charge in [0.05, 0.1) is 30.4 Å². The molecule has 178 valence electrons. The van der Waals surface area contributed by atoms with Crippen LogP contribution in [0.5, 0.6) is 5.75 Å². The molecular weight excluding hydrogens is 428 g/mol. The number of piperazine rings is 1. The largest absolute Gasteiger partial charge is 0.497 e. The molecule has 0 unspecified atom stereocenters. The lowest BCUT2D eigenvalue weighted by Gasteiger charge is -2.49. The molecule has 1 saturated heterocycles. The fraction of sp³-hybridized carbons (Fsp3) is 0.407. The number of benzene rings is 2. The Labute approximate surface area is 200 Å². The summed E-state index contributed by atoms with van der Waals surface area (Å²) in [5.74, 6) is 0.875. The van der Waals surface area contributed by atoms with Crippen LogP contribution in [-0.2, 0) is 18.4 Å². The lowest BCUT2D eigenvalue weighted by Crippen LogP contribution is -2.64. The minimum Gasteiger partial charge on any atom is -0.497 e. The smallest absolute Gasteiger partial charge is 0.276 e. The normalized spacial score (nSPS) is 18.1. The lowest BCUT2D eigenvalue weighted by atomic mass is 9.90. The van der Waals surface area contributed by atoms with Gasteiger partial charge in [-0.1, -0.05) is 31.0 Å². The number of carbonyl (C=O) groups excluding carboxylic acids is 1. The van der Waals surface area contributed by atoms with Crippen molar-refractivity contribution in [2.45, 2.75) is 44.7 Å². The molecule has 2 aromatic carbocycles. The quantitative estimate of drug-likeness (QED) is 0.583. The molecule has 7 nitrogen and oxygen atoms in total. The summed E-state index contributed by atoms with van der Waals surface area (Å²) in [5.41, 5.74) is 3.21. The molecule has 7 heteroatoms. The molecule has 2 aliphatic rings. The van der Waals surface area contributed by atoms with Crippen LogP contribution in [0.4, 0.5) is 5.69 Å². The number of methoxy groups -OCH3 is 1. The molecule has 5 rings (SSSR count). The van der Waals surface area contributed by atoms with Crippen LogP contribution in [0, 0.1) is 6.92 Å². The highest BCUT2D eigenvalue weighted by atomic mass is 16.5. The highest BCUT2D eigenvalue weighted by Gasteiger charge is 2.47. The van der Waals surface area contributed by atoms with Crippen LogP contribution < -0.4 is 15.2 Å². The fourth-order valence-corrected chi connectivity index (χ4v) is 5.77. The van der Waals surface area contributed by atoms with E-state index in [1.54, 1.807) is 11.8 Å². The number of hydrogen-bond acceptors (Lipinski definition) is 4. The number of nitrogens with zero attached hydrogens (tertiary/aromatic N) is 4. The van der Waals surface area contributed by atoms with E-state index in [1.165, 1.54) is 0 Å². The van der Waals surface area contributed by atoms with Crippen molar-refractivity contribution < 1.29 is 9.53 Å². The van der Waals surface area contributed by atoms with Crippen LogP contribution >= 0.6 is 0 Å². The number of anilines is 1. The third-order valence-electron chi connectivity index (χ3n) is 7.52. The maximum atomic E-state index is 13.5. The second kappa shape index (κ2) is 8.80. The first-order valence-electron chi connectivity index (χ1n) is 12.0. The number of carbonyl (C=O) groups is 1. The van der Waals surface area contributed by atoms with Gasteiger partial charge in [0, 0.05) is 31.5 Å². The summed E-state index contributed by atoms with van der Waals surface area (Å²) in [7, 11) is 3.56. The molecule has 1 aromatic heterocycles. The molecule has 1 amide bonds. The number of amides is 1. The van der Waals surface area contributed by atoms with Crippen LogP contribution in [0.2, 0.25) is 0 Å². The molecule has 0 N–H and O–H groups in total. The van der Waals surface area contributed by atoms with Gasteiger partial charge in [-0.25, -0.2) is 4.68 Å². The molecule has 34 heavy (non-hydrogen) atoms. The average molecular weight is 461 g/mol. The van der Waals surface area contributed by atoms with E-state index >= 15 is 0 Å². The van der Waals surface area contributed by atoms with Crippen molar-refractivity contribution >= 4 is 11.6 Å². The van der Waals surface area contributed by atoms with Crippen molar-refractivity contribution in [1.82, 2.24) is 14.3 Å². The lowest BCUT2D eigenvalue weighted by molar-refractivity contribution is -0.124. The third-order valence-corrected chi connectivity index (χ3v) is 7.52. The van der Waals surface area contributed by atoms with Crippen molar-refractivity contribution in [3.05, 3.63) is 76.2 Å². The summed E-state index contributed by atoms with van der Waals surface area (Å²) in [6, 6.07) is 17.5. The summed E-state index contributed by atoms with van der Waals surface area (Å²) in [6.07, 6.45) is 4.17. The van der Waals surface area contributed by atoms with E-state index in [2.05, 4.69) is 4.90 Å². The second-order valence-corrected chi connectivity index (χ2v) is 9.54. The fourth-order valence-electron chi connectivity index (χ4n) is 5.77. The zero-order valence-corrected chi connectivity index (χ0v) is 20.2. The Kier molecular flexibility index (Phi) is 5.81. The van der Waals surface area contributed by atoms with E-state index in [9.17, 15) is 9.59 Å². The zero-order valence-electron chi connectivity index (χ0n) is 20.2. The van der Waals surface area contributed by atoms with Crippen molar-refractivity contribution in [3.63, 3.8) is 0 Å². The van der Waals surface area contributed by atoms with E-state index < -0.39 is 0 Å². The average Bonchev–Trinajstić information content (AvgIpc) is 3.38. The molecular formula is C27H32N4O3. The predicted molar refractivity (Wildman–Crippen MR) is 133 cm³/mol. The van der Waals surface area contributed by atoms with Crippen LogP contribution in [0.15, 0.2) is 59.4 Å². The first kappa shape index (κ1) is 22.5. The molecule has 1 spiro atoms. The monoisotopic (exact) mass is 460 g/mol. The van der Waals surface area contributed by atoms with Gasteiger partial charge in [0.25, 0.3) is 5.56 Å². The minimum absolute atomic E-state index is 0.0169. The van der Waals surface area contributed by atoms with Gasteiger partial charge >= 0.3 is 0 Å². The highest BCUT2D eigenvalue weighted by Crippen LogP contribution is 2.41. The Hall–Kier alpha value is -3.32. The molecule has 1 saturated carbocycles. The maximum Gasteiger partial charge on any atom is 0.276 e. The third kappa shape index (κ3) is 3.74. The minimum atomic E-state index is -0.231. The van der Waals surface area contributed by atoms with E-state index in [0.29, 0.717) is 13.1 Å². The van der Waals surface area contributed by atoms with Crippen molar-refractivity contribution in [2.24, 2.45) is 7.05 Å². The van der Waals surface area contributed by atoms with Gasteiger partial charge in [-0.15, -0.1) is 0 Å². The van der Waals surface area contributed by atoms with Gasteiger partial charge in [0.2, 0.25) is 5.91 Å². The number of ether oxygens (including phenoxy) is 1. The van der Waals surface area contributed by atoms with Crippen molar-refractivity contribution in [2.75, 3.05) is 25.1 Å². The van der Waals surface area contributed by atoms with E-state index in [4.69, 9.17) is 4.74 Å². The molecule has 2 fully saturated rings. The Balaban J connectivity index is 1.45. The number of aromatic nitrogens is 2. The van der Waals surface area contributed by atoms with Crippen LogP contribution in [0.25, 0.3) is 5.69 Å². The molecule has 0 atom stereocenters. The summed E-state index contributed by atoms with van der Waals surface area (Å²) in [6.45, 7) is 3.52. The van der Waals surface area contributed by atoms with Crippen molar-refractivity contribution in [3.8, 4) is 11.4 Å². The van der Waals surface area contributed by atoms with E-state index in [0.717, 1.165) is 60.6 Å². The molecule has 0 radical (unpaired) electrons. The van der Waals surface area contributed by atoms with E-state index in [1.807, 2.05) is 78.2 Å². The van der Waals surface area contributed by atoms with E-state index in [-0.39, 0.29) is 17.0 Å². The Morgan fingerprint density at radius 1 is 0.941 bits per heavy atom. The standard InChI is InChI=1S/C27H32N4O3/c1-20-24(26(33)31(28(20)2)22-9-5-4-6-10-22)17-29-18-25(32)30(27(19-29)15-7-8-16-27)21-11-13-23(34-3)14-12-21/h4-6,9-14H,7-8,15-19H2,1-3H3. The zero-order chi connectivity index (χ0) is 23.9. The second-order valence-electron chi connectivity index (χ2n) is 9.54. The molecule has 3 aromatic rings. The SMILES string of the molecule is COc1ccc(N2C(=O)CN(Cc3c(C)n(C)n(-c4ccccc4)c3=O)CC23CCCC3)cc1. The number of hydrogen-bond donors (Lipinski definition) is 0. The van der Waals surface area contributed by atoms with Gasteiger partial charge in [-0.2, -0.15) is 0 Å². The molecule has 0 bridgehead atoms. The molecule has 1 aliphatic carbocycles. The van der Waals surface area contributed by atoms with Crippen LogP contribution in [0.1, 0.15) is 36.9 Å². The number of para-hydroxylation sites is 1. The first-order chi connectivity index (χ1) is 16.4. The van der Waals surface area contributed by atoms with Gasteiger partial charge in [-0.3, -0.25) is 19.2 Å². The van der Waals surface area contributed by atoms with Gasteiger partial charge in [-0.05, 0) is 56.2 Å². The predicted octanol–water partition coefficient (Wildman–Crippen LogP) is 3.65.